The monoisotopic (exact) mass is 451 g/mol. The van der Waals surface area contributed by atoms with Gasteiger partial charge in [0, 0.05) is 18.1 Å². The smallest absolute Gasteiger partial charge is 0.306 e. The van der Waals surface area contributed by atoms with E-state index in [1.54, 1.807) is 6.20 Å². The molecular formula is C25H29N3O3S. The molecule has 0 unspecified atom stereocenters. The summed E-state index contributed by atoms with van der Waals surface area (Å²) in [5.74, 6) is -0.218. The summed E-state index contributed by atoms with van der Waals surface area (Å²) in [5, 5.41) is 24.6. The largest absolute Gasteiger partial charge is 0.481 e. The van der Waals surface area contributed by atoms with Crippen molar-refractivity contribution in [3.05, 3.63) is 58.9 Å². The molecule has 32 heavy (non-hydrogen) atoms. The molecule has 168 valence electrons. The molecule has 4 rings (SSSR count). The third kappa shape index (κ3) is 4.84. The number of rotatable bonds is 6. The summed E-state index contributed by atoms with van der Waals surface area (Å²) < 4.78 is 0. The van der Waals surface area contributed by atoms with Crippen molar-refractivity contribution in [3.63, 3.8) is 0 Å². The van der Waals surface area contributed by atoms with E-state index in [9.17, 15) is 15.0 Å². The van der Waals surface area contributed by atoms with Gasteiger partial charge in [-0.05, 0) is 93.3 Å². The van der Waals surface area contributed by atoms with E-state index in [4.69, 9.17) is 0 Å². The summed E-state index contributed by atoms with van der Waals surface area (Å²) in [4.78, 5) is 21.2. The maximum absolute atomic E-state index is 11.3. The van der Waals surface area contributed by atoms with E-state index < -0.39 is 11.6 Å². The Morgan fingerprint density at radius 1 is 1.09 bits per heavy atom. The number of nitrogens with zero attached hydrogens (tertiary/aromatic N) is 2. The van der Waals surface area contributed by atoms with Crippen molar-refractivity contribution in [1.29, 1.82) is 0 Å². The van der Waals surface area contributed by atoms with Gasteiger partial charge in [-0.1, -0.05) is 6.07 Å². The van der Waals surface area contributed by atoms with Crippen molar-refractivity contribution in [2.75, 3.05) is 5.32 Å². The molecule has 0 saturated heterocycles. The molecule has 3 N–H and O–H groups in total. The van der Waals surface area contributed by atoms with E-state index in [0.717, 1.165) is 33.1 Å². The molecule has 1 aliphatic carbocycles. The topological polar surface area (TPSA) is 95.3 Å². The third-order valence-electron chi connectivity index (χ3n) is 6.36. The van der Waals surface area contributed by atoms with E-state index >= 15 is 0 Å². The number of thiazole rings is 1. The average Bonchev–Trinajstić information content (AvgIpc) is 3.25. The molecule has 3 aromatic rings. The summed E-state index contributed by atoms with van der Waals surface area (Å²) in [6.45, 7) is 5.90. The highest BCUT2D eigenvalue weighted by Gasteiger charge is 2.40. The third-order valence-corrected chi connectivity index (χ3v) is 7.63. The van der Waals surface area contributed by atoms with Crippen LogP contribution in [0.2, 0.25) is 0 Å². The van der Waals surface area contributed by atoms with Gasteiger partial charge in [0.25, 0.3) is 0 Å². The quantitative estimate of drug-likeness (QED) is 0.447. The summed E-state index contributed by atoms with van der Waals surface area (Å²) in [7, 11) is 0. The molecule has 2 heterocycles. The van der Waals surface area contributed by atoms with Crippen LogP contribution in [0.25, 0.3) is 10.4 Å². The molecule has 1 fully saturated rings. The van der Waals surface area contributed by atoms with Crippen LogP contribution in [0.1, 0.15) is 48.7 Å². The summed E-state index contributed by atoms with van der Waals surface area (Å²) in [5.41, 5.74) is 3.18. The van der Waals surface area contributed by atoms with Crippen LogP contribution in [0.4, 0.5) is 11.5 Å². The minimum atomic E-state index is -1.07. The van der Waals surface area contributed by atoms with Crippen molar-refractivity contribution in [3.8, 4) is 10.4 Å². The van der Waals surface area contributed by atoms with Gasteiger partial charge < -0.3 is 15.5 Å². The lowest BCUT2D eigenvalue weighted by Gasteiger charge is -2.35. The normalized spacial score (nSPS) is 20.5. The van der Waals surface area contributed by atoms with Gasteiger partial charge in [0.2, 0.25) is 0 Å². The number of carboxylic acids is 1. The van der Waals surface area contributed by atoms with E-state index in [1.165, 1.54) is 11.3 Å². The zero-order valence-electron chi connectivity index (χ0n) is 18.6. The van der Waals surface area contributed by atoms with Gasteiger partial charge in [0.1, 0.15) is 16.4 Å². The van der Waals surface area contributed by atoms with Crippen molar-refractivity contribution in [2.24, 2.45) is 11.8 Å². The number of carbonyl (C=O) groups is 1. The Kier molecular flexibility index (Phi) is 6.31. The molecular weight excluding hydrogens is 422 g/mol. The number of hydrogen-bond donors (Lipinski definition) is 3. The minimum absolute atomic E-state index is 0.0132. The second-order valence-electron chi connectivity index (χ2n) is 9.00. The Hall–Kier alpha value is -2.77. The molecule has 1 saturated carbocycles. The number of pyridine rings is 1. The second kappa shape index (κ2) is 9.00. The number of benzene rings is 1. The Balaban J connectivity index is 1.54. The van der Waals surface area contributed by atoms with E-state index in [0.29, 0.717) is 30.7 Å². The highest BCUT2D eigenvalue weighted by Crippen LogP contribution is 2.43. The summed E-state index contributed by atoms with van der Waals surface area (Å²) >= 11 is 1.50. The molecule has 6 nitrogen and oxygen atoms in total. The minimum Gasteiger partial charge on any atom is -0.481 e. The van der Waals surface area contributed by atoms with E-state index in [2.05, 4.69) is 40.4 Å². The molecule has 1 aliphatic rings. The summed E-state index contributed by atoms with van der Waals surface area (Å²) in [6, 6.07) is 10.2. The number of aliphatic hydroxyl groups is 1. The standard InChI is InChI=1S/C25H29N3O3S/c1-15-8-9-26-22(12-15)28-20-11-16(2)10-18(13-20)21-14-27-24(32-21)25(3,31)19-6-4-17(5-7-19)23(29)30/h8-14,17,19,31H,4-7H2,1-3H3,(H,26,28)(H,29,30)/t17?,19?,25-/m1/s1. The Labute approximate surface area is 192 Å². The van der Waals surface area contributed by atoms with Crippen LogP contribution >= 0.6 is 11.3 Å². The number of anilines is 2. The van der Waals surface area contributed by atoms with Crippen LogP contribution in [-0.4, -0.2) is 26.2 Å². The molecule has 0 bridgehead atoms. The molecule has 7 heteroatoms. The maximum atomic E-state index is 11.3. The average molecular weight is 452 g/mol. The first-order valence-electron chi connectivity index (χ1n) is 11.0. The van der Waals surface area contributed by atoms with Gasteiger partial charge >= 0.3 is 5.97 Å². The van der Waals surface area contributed by atoms with Crippen LogP contribution < -0.4 is 5.32 Å². The zero-order valence-corrected chi connectivity index (χ0v) is 19.4. The van der Waals surface area contributed by atoms with Crippen LogP contribution in [0, 0.1) is 25.7 Å². The number of aryl methyl sites for hydroxylation is 2. The molecule has 0 radical (unpaired) electrons. The van der Waals surface area contributed by atoms with E-state index in [1.807, 2.05) is 32.2 Å². The fourth-order valence-corrected chi connectivity index (χ4v) is 5.50. The first-order valence-corrected chi connectivity index (χ1v) is 11.8. The fourth-order valence-electron chi connectivity index (χ4n) is 4.47. The molecule has 2 aromatic heterocycles. The molecule has 0 amide bonds. The van der Waals surface area contributed by atoms with Crippen molar-refractivity contribution in [2.45, 2.75) is 52.1 Å². The number of hydrogen-bond acceptors (Lipinski definition) is 6. The fraction of sp³-hybridized carbons (Fsp3) is 0.400. The van der Waals surface area contributed by atoms with Gasteiger partial charge in [-0.25, -0.2) is 9.97 Å². The van der Waals surface area contributed by atoms with Crippen molar-refractivity contribution < 1.29 is 15.0 Å². The number of carboxylic acid groups (broad SMARTS) is 1. The second-order valence-corrected chi connectivity index (χ2v) is 10.0. The van der Waals surface area contributed by atoms with Gasteiger partial charge in [-0.2, -0.15) is 0 Å². The lowest BCUT2D eigenvalue weighted by Crippen LogP contribution is -2.35. The predicted molar refractivity (Wildman–Crippen MR) is 127 cm³/mol. The Bertz CT molecular complexity index is 1120. The van der Waals surface area contributed by atoms with Crippen molar-refractivity contribution >= 4 is 28.8 Å². The number of aliphatic carboxylic acids is 1. The first-order chi connectivity index (χ1) is 15.2. The molecule has 1 atom stereocenters. The number of nitrogens with one attached hydrogen (secondary N) is 1. The van der Waals surface area contributed by atoms with Crippen LogP contribution in [-0.2, 0) is 10.4 Å². The van der Waals surface area contributed by atoms with Gasteiger partial charge in [-0.3, -0.25) is 4.79 Å². The Morgan fingerprint density at radius 3 is 2.53 bits per heavy atom. The van der Waals surface area contributed by atoms with Crippen LogP contribution in [0.3, 0.4) is 0 Å². The molecule has 0 spiro atoms. The van der Waals surface area contributed by atoms with Gasteiger partial charge in [0.15, 0.2) is 0 Å². The molecule has 1 aromatic carbocycles. The zero-order chi connectivity index (χ0) is 22.9. The summed E-state index contributed by atoms with van der Waals surface area (Å²) in [6.07, 6.45) is 6.21. The number of aromatic nitrogens is 2. The SMILES string of the molecule is Cc1cc(Nc2cc(C)ccn2)cc(-c2cnc([C@](C)(O)C3CCC(C(=O)O)CC3)s2)c1. The highest BCUT2D eigenvalue weighted by molar-refractivity contribution is 7.15. The van der Waals surface area contributed by atoms with Crippen LogP contribution in [0.5, 0.6) is 0 Å². The van der Waals surface area contributed by atoms with E-state index in [-0.39, 0.29) is 11.8 Å². The lowest BCUT2D eigenvalue weighted by atomic mass is 9.74. The predicted octanol–water partition coefficient (Wildman–Crippen LogP) is 5.66. The lowest BCUT2D eigenvalue weighted by molar-refractivity contribution is -0.144. The first kappa shape index (κ1) is 22.4. The maximum Gasteiger partial charge on any atom is 0.306 e. The van der Waals surface area contributed by atoms with Crippen LogP contribution in [0.15, 0.2) is 42.7 Å². The molecule has 0 aliphatic heterocycles. The van der Waals surface area contributed by atoms with Crippen molar-refractivity contribution in [1.82, 2.24) is 9.97 Å². The Morgan fingerprint density at radius 2 is 1.84 bits per heavy atom. The highest BCUT2D eigenvalue weighted by atomic mass is 32.1. The van der Waals surface area contributed by atoms with Gasteiger partial charge in [0.05, 0.1) is 10.8 Å². The van der Waals surface area contributed by atoms with Gasteiger partial charge in [-0.15, -0.1) is 11.3 Å².